The monoisotopic (exact) mass is 277 g/mol. The third-order valence-electron chi connectivity index (χ3n) is 2.78. The number of nitrogens with zero attached hydrogens (tertiary/aromatic N) is 1. The Balaban J connectivity index is 2.98. The molecule has 0 saturated heterocycles. The molecular formula is C13H28BrN. The highest BCUT2D eigenvalue weighted by Gasteiger charge is 1.96. The molecule has 0 radical (unpaired) electrons. The lowest BCUT2D eigenvalue weighted by atomic mass is 10.1. The van der Waals surface area contributed by atoms with Crippen LogP contribution in [0.15, 0.2) is 0 Å². The van der Waals surface area contributed by atoms with Gasteiger partial charge in [0.15, 0.2) is 0 Å². The van der Waals surface area contributed by atoms with Crippen LogP contribution >= 0.6 is 15.9 Å². The molecule has 0 aromatic carbocycles. The van der Waals surface area contributed by atoms with Gasteiger partial charge in [-0.05, 0) is 39.4 Å². The molecule has 0 bridgehead atoms. The molecule has 0 aromatic rings. The van der Waals surface area contributed by atoms with Crippen molar-refractivity contribution in [2.24, 2.45) is 0 Å². The first-order chi connectivity index (χ1) is 7.31. The van der Waals surface area contributed by atoms with Crippen LogP contribution < -0.4 is 0 Å². The van der Waals surface area contributed by atoms with E-state index in [-0.39, 0.29) is 0 Å². The van der Waals surface area contributed by atoms with Crippen molar-refractivity contribution in [3.05, 3.63) is 0 Å². The SMILES string of the molecule is CCCN(C)CCCCCCCCCBr. The van der Waals surface area contributed by atoms with Crippen LogP contribution in [0.5, 0.6) is 0 Å². The zero-order valence-corrected chi connectivity index (χ0v) is 12.2. The summed E-state index contributed by atoms with van der Waals surface area (Å²) in [5.41, 5.74) is 0. The second-order valence-corrected chi connectivity index (χ2v) is 5.26. The fraction of sp³-hybridized carbons (Fsp3) is 1.00. The zero-order valence-electron chi connectivity index (χ0n) is 10.6. The Kier molecular flexibility index (Phi) is 12.9. The van der Waals surface area contributed by atoms with E-state index in [4.69, 9.17) is 0 Å². The molecule has 2 heteroatoms. The Morgan fingerprint density at radius 2 is 1.33 bits per heavy atom. The highest BCUT2D eigenvalue weighted by molar-refractivity contribution is 9.09. The van der Waals surface area contributed by atoms with Gasteiger partial charge in [0, 0.05) is 5.33 Å². The lowest BCUT2D eigenvalue weighted by Crippen LogP contribution is -2.20. The Morgan fingerprint density at radius 3 is 1.87 bits per heavy atom. The van der Waals surface area contributed by atoms with E-state index in [2.05, 4.69) is 34.8 Å². The Bertz CT molecular complexity index is 117. The van der Waals surface area contributed by atoms with Crippen molar-refractivity contribution in [3.63, 3.8) is 0 Å². The molecule has 0 aliphatic heterocycles. The van der Waals surface area contributed by atoms with Gasteiger partial charge in [0.05, 0.1) is 0 Å². The minimum absolute atomic E-state index is 1.18. The molecule has 0 rings (SSSR count). The number of alkyl halides is 1. The number of hydrogen-bond acceptors (Lipinski definition) is 1. The summed E-state index contributed by atoms with van der Waals surface area (Å²) in [6.07, 6.45) is 11.1. The first-order valence-corrected chi connectivity index (χ1v) is 7.68. The third kappa shape index (κ3) is 12.4. The molecule has 0 aliphatic rings. The summed E-state index contributed by atoms with van der Waals surface area (Å²) in [6, 6.07) is 0. The fourth-order valence-electron chi connectivity index (χ4n) is 1.85. The number of unbranched alkanes of at least 4 members (excludes halogenated alkanes) is 6. The number of hydrogen-bond donors (Lipinski definition) is 0. The van der Waals surface area contributed by atoms with Crippen LogP contribution in [-0.2, 0) is 0 Å². The van der Waals surface area contributed by atoms with Crippen LogP contribution in [0, 0.1) is 0 Å². The molecule has 0 atom stereocenters. The van der Waals surface area contributed by atoms with Crippen LogP contribution in [0.2, 0.25) is 0 Å². The molecule has 0 unspecified atom stereocenters. The minimum Gasteiger partial charge on any atom is -0.306 e. The largest absolute Gasteiger partial charge is 0.306 e. The van der Waals surface area contributed by atoms with E-state index in [1.54, 1.807) is 0 Å². The smallest absolute Gasteiger partial charge is 0.00313 e. The normalized spacial score (nSPS) is 11.2. The highest BCUT2D eigenvalue weighted by Crippen LogP contribution is 2.08. The molecule has 0 fully saturated rings. The van der Waals surface area contributed by atoms with Gasteiger partial charge in [-0.15, -0.1) is 0 Å². The van der Waals surface area contributed by atoms with Gasteiger partial charge in [0.25, 0.3) is 0 Å². The third-order valence-corrected chi connectivity index (χ3v) is 3.34. The Morgan fingerprint density at radius 1 is 0.800 bits per heavy atom. The average Bonchev–Trinajstić information content (AvgIpc) is 2.22. The fourth-order valence-corrected chi connectivity index (χ4v) is 2.25. The number of halogens is 1. The van der Waals surface area contributed by atoms with E-state index in [0.717, 1.165) is 0 Å². The second-order valence-electron chi connectivity index (χ2n) is 4.47. The first-order valence-electron chi connectivity index (χ1n) is 6.55. The van der Waals surface area contributed by atoms with Crippen molar-refractivity contribution in [2.75, 3.05) is 25.5 Å². The van der Waals surface area contributed by atoms with E-state index in [9.17, 15) is 0 Å². The predicted octanol–water partition coefficient (Wildman–Crippen LogP) is 4.45. The molecule has 0 saturated carbocycles. The Hall–Kier alpha value is 0.440. The van der Waals surface area contributed by atoms with Crippen molar-refractivity contribution < 1.29 is 0 Å². The van der Waals surface area contributed by atoms with Crippen molar-refractivity contribution >= 4 is 15.9 Å². The summed E-state index contributed by atoms with van der Waals surface area (Å²) in [5.74, 6) is 0. The lowest BCUT2D eigenvalue weighted by molar-refractivity contribution is 0.324. The standard InChI is InChI=1S/C13H28BrN/c1-3-12-15(2)13-10-8-6-4-5-7-9-11-14/h3-13H2,1-2H3. The molecule has 1 nitrogen and oxygen atoms in total. The van der Waals surface area contributed by atoms with Gasteiger partial charge in [0.2, 0.25) is 0 Å². The predicted molar refractivity (Wildman–Crippen MR) is 73.9 cm³/mol. The van der Waals surface area contributed by atoms with Gasteiger partial charge in [-0.1, -0.05) is 55.0 Å². The van der Waals surface area contributed by atoms with Crippen LogP contribution in [0.1, 0.15) is 58.3 Å². The van der Waals surface area contributed by atoms with Crippen molar-refractivity contribution in [1.29, 1.82) is 0 Å². The van der Waals surface area contributed by atoms with Crippen molar-refractivity contribution in [1.82, 2.24) is 4.90 Å². The van der Waals surface area contributed by atoms with E-state index in [0.29, 0.717) is 0 Å². The number of rotatable bonds is 11. The molecule has 0 aliphatic carbocycles. The summed E-state index contributed by atoms with van der Waals surface area (Å²) in [5, 5.41) is 1.18. The minimum atomic E-state index is 1.18. The van der Waals surface area contributed by atoms with Crippen LogP contribution in [0.25, 0.3) is 0 Å². The maximum Gasteiger partial charge on any atom is 0.00313 e. The summed E-state index contributed by atoms with van der Waals surface area (Å²) >= 11 is 3.47. The molecule has 0 N–H and O–H groups in total. The highest BCUT2D eigenvalue weighted by atomic mass is 79.9. The van der Waals surface area contributed by atoms with Gasteiger partial charge in [-0.3, -0.25) is 0 Å². The van der Waals surface area contributed by atoms with Crippen molar-refractivity contribution in [3.8, 4) is 0 Å². The van der Waals surface area contributed by atoms with Crippen molar-refractivity contribution in [2.45, 2.75) is 58.3 Å². The molecule has 92 valence electrons. The summed E-state index contributed by atoms with van der Waals surface area (Å²) in [4.78, 5) is 2.45. The van der Waals surface area contributed by atoms with Gasteiger partial charge in [-0.25, -0.2) is 0 Å². The molecule has 0 amide bonds. The summed E-state index contributed by atoms with van der Waals surface area (Å²) in [6.45, 7) is 4.79. The van der Waals surface area contributed by atoms with Crippen LogP contribution in [-0.4, -0.2) is 30.4 Å². The van der Waals surface area contributed by atoms with E-state index < -0.39 is 0 Å². The molecule has 15 heavy (non-hydrogen) atoms. The van der Waals surface area contributed by atoms with Gasteiger partial charge < -0.3 is 4.90 Å². The molecule has 0 heterocycles. The topological polar surface area (TPSA) is 3.24 Å². The summed E-state index contributed by atoms with van der Waals surface area (Å²) in [7, 11) is 2.24. The Labute approximate surface area is 105 Å². The quantitative estimate of drug-likeness (QED) is 0.398. The average molecular weight is 278 g/mol. The summed E-state index contributed by atoms with van der Waals surface area (Å²) < 4.78 is 0. The lowest BCUT2D eigenvalue weighted by Gasteiger charge is -2.14. The molecule has 0 spiro atoms. The van der Waals surface area contributed by atoms with E-state index in [1.165, 1.54) is 69.8 Å². The molecule has 0 aromatic heterocycles. The molecular weight excluding hydrogens is 250 g/mol. The first kappa shape index (κ1) is 15.4. The van der Waals surface area contributed by atoms with Gasteiger partial charge >= 0.3 is 0 Å². The maximum atomic E-state index is 3.47. The van der Waals surface area contributed by atoms with Crippen LogP contribution in [0.3, 0.4) is 0 Å². The zero-order chi connectivity index (χ0) is 11.4. The van der Waals surface area contributed by atoms with Crippen LogP contribution in [0.4, 0.5) is 0 Å². The van der Waals surface area contributed by atoms with E-state index >= 15 is 0 Å². The van der Waals surface area contributed by atoms with E-state index in [1.807, 2.05) is 0 Å². The van der Waals surface area contributed by atoms with Gasteiger partial charge in [0.1, 0.15) is 0 Å². The maximum absolute atomic E-state index is 3.47. The second kappa shape index (κ2) is 12.5. The van der Waals surface area contributed by atoms with Gasteiger partial charge in [-0.2, -0.15) is 0 Å².